The molecule has 21 heavy (non-hydrogen) atoms. The van der Waals surface area contributed by atoms with Crippen LogP contribution in [0.4, 0.5) is 4.39 Å². The van der Waals surface area contributed by atoms with Crippen LogP contribution in [-0.4, -0.2) is 5.78 Å². The van der Waals surface area contributed by atoms with Crippen molar-refractivity contribution >= 4 is 16.8 Å². The van der Waals surface area contributed by atoms with Gasteiger partial charge >= 0.3 is 5.63 Å². The number of hydrogen-bond acceptors (Lipinski definition) is 3. The second kappa shape index (κ2) is 4.98. The minimum atomic E-state index is -0.635. The fourth-order valence-electron chi connectivity index (χ4n) is 2.19. The van der Waals surface area contributed by atoms with Gasteiger partial charge < -0.3 is 4.42 Å². The van der Waals surface area contributed by atoms with Crippen LogP contribution >= 0.6 is 0 Å². The Morgan fingerprint density at radius 3 is 2.33 bits per heavy atom. The van der Waals surface area contributed by atoms with Gasteiger partial charge in [0.1, 0.15) is 17.0 Å². The van der Waals surface area contributed by atoms with Gasteiger partial charge in [0.25, 0.3) is 0 Å². The first-order chi connectivity index (χ1) is 10.0. The predicted octanol–water partition coefficient (Wildman–Crippen LogP) is 3.80. The second-order valence-electron chi connectivity index (χ2n) is 4.76. The number of benzene rings is 2. The van der Waals surface area contributed by atoms with Crippen molar-refractivity contribution in [1.82, 2.24) is 0 Å². The average molecular weight is 282 g/mol. The number of rotatable bonds is 2. The van der Waals surface area contributed by atoms with Gasteiger partial charge in [-0.15, -0.1) is 0 Å². The van der Waals surface area contributed by atoms with Gasteiger partial charge in [-0.05, 0) is 48.4 Å². The standard InChI is InChI=1S/C17H11FO3/c1-10(19)15-9-13-8-12(4-7-16(13)21-17(15)20)11-2-5-14(18)6-3-11/h2-9H,1H3. The lowest BCUT2D eigenvalue weighted by Gasteiger charge is -2.04. The molecule has 3 aromatic rings. The molecule has 0 saturated heterocycles. The van der Waals surface area contributed by atoms with Crippen LogP contribution in [0.2, 0.25) is 0 Å². The number of fused-ring (bicyclic) bond motifs is 1. The largest absolute Gasteiger partial charge is 0.422 e. The fourth-order valence-corrected chi connectivity index (χ4v) is 2.19. The van der Waals surface area contributed by atoms with Crippen molar-refractivity contribution in [2.45, 2.75) is 6.92 Å². The first kappa shape index (κ1) is 13.2. The molecule has 104 valence electrons. The minimum absolute atomic E-state index is 0.0266. The van der Waals surface area contributed by atoms with E-state index in [1.165, 1.54) is 25.1 Å². The van der Waals surface area contributed by atoms with E-state index in [1.807, 2.05) is 0 Å². The summed E-state index contributed by atoms with van der Waals surface area (Å²) in [6.07, 6.45) is 0. The molecule has 0 radical (unpaired) electrons. The summed E-state index contributed by atoms with van der Waals surface area (Å²) in [5.41, 5.74) is 1.50. The van der Waals surface area contributed by atoms with Crippen LogP contribution in [0, 0.1) is 5.82 Å². The topological polar surface area (TPSA) is 47.3 Å². The molecule has 3 rings (SSSR count). The molecule has 0 N–H and O–H groups in total. The lowest BCUT2D eigenvalue weighted by Crippen LogP contribution is -2.10. The zero-order valence-electron chi connectivity index (χ0n) is 11.2. The van der Waals surface area contributed by atoms with Crippen molar-refractivity contribution in [3.8, 4) is 11.1 Å². The molecule has 0 bridgehead atoms. The van der Waals surface area contributed by atoms with E-state index < -0.39 is 5.63 Å². The van der Waals surface area contributed by atoms with Gasteiger partial charge in [0, 0.05) is 5.39 Å². The summed E-state index contributed by atoms with van der Waals surface area (Å²) in [5.74, 6) is -0.637. The number of carbonyl (C=O) groups excluding carboxylic acids is 1. The first-order valence-electron chi connectivity index (χ1n) is 6.39. The summed E-state index contributed by atoms with van der Waals surface area (Å²) in [4.78, 5) is 23.0. The Kier molecular flexibility index (Phi) is 3.14. The monoisotopic (exact) mass is 282 g/mol. The van der Waals surface area contributed by atoms with Crippen molar-refractivity contribution in [3.05, 3.63) is 70.3 Å². The van der Waals surface area contributed by atoms with E-state index in [0.717, 1.165) is 11.1 Å². The number of ketones is 1. The molecule has 3 nitrogen and oxygen atoms in total. The van der Waals surface area contributed by atoms with Crippen molar-refractivity contribution in [3.63, 3.8) is 0 Å². The molecule has 0 unspecified atom stereocenters. The van der Waals surface area contributed by atoms with Crippen LogP contribution in [0.1, 0.15) is 17.3 Å². The van der Waals surface area contributed by atoms with Gasteiger partial charge in [-0.3, -0.25) is 4.79 Å². The number of carbonyl (C=O) groups is 1. The average Bonchev–Trinajstić information content (AvgIpc) is 2.46. The first-order valence-corrected chi connectivity index (χ1v) is 6.39. The van der Waals surface area contributed by atoms with Crippen LogP contribution in [-0.2, 0) is 0 Å². The quantitative estimate of drug-likeness (QED) is 0.530. The van der Waals surface area contributed by atoms with Crippen LogP contribution in [0.5, 0.6) is 0 Å². The molecular weight excluding hydrogens is 271 g/mol. The molecule has 0 spiro atoms. The predicted molar refractivity (Wildman–Crippen MR) is 77.9 cm³/mol. The molecule has 1 heterocycles. The summed E-state index contributed by atoms with van der Waals surface area (Å²) in [7, 11) is 0. The summed E-state index contributed by atoms with van der Waals surface area (Å²) in [5, 5.41) is 0.654. The third-order valence-corrected chi connectivity index (χ3v) is 3.29. The van der Waals surface area contributed by atoms with Gasteiger partial charge in [0.2, 0.25) is 0 Å². The highest BCUT2D eigenvalue weighted by atomic mass is 19.1. The summed E-state index contributed by atoms with van der Waals surface area (Å²) < 4.78 is 18.1. The van der Waals surface area contributed by atoms with E-state index >= 15 is 0 Å². The van der Waals surface area contributed by atoms with Crippen LogP contribution in [0.15, 0.2) is 57.7 Å². The summed E-state index contributed by atoms with van der Waals surface area (Å²) in [6.45, 7) is 1.32. The molecule has 0 amide bonds. The Morgan fingerprint density at radius 1 is 1.00 bits per heavy atom. The maximum Gasteiger partial charge on any atom is 0.347 e. The third-order valence-electron chi connectivity index (χ3n) is 3.29. The molecule has 0 atom stereocenters. The lowest BCUT2D eigenvalue weighted by molar-refractivity contribution is 0.101. The minimum Gasteiger partial charge on any atom is -0.422 e. The summed E-state index contributed by atoms with van der Waals surface area (Å²) >= 11 is 0. The highest BCUT2D eigenvalue weighted by Gasteiger charge is 2.10. The molecule has 1 aromatic heterocycles. The van der Waals surface area contributed by atoms with Crippen molar-refractivity contribution in [2.24, 2.45) is 0 Å². The van der Waals surface area contributed by atoms with Crippen LogP contribution < -0.4 is 5.63 Å². The highest BCUT2D eigenvalue weighted by molar-refractivity contribution is 5.97. The molecule has 2 aromatic carbocycles. The number of hydrogen-bond donors (Lipinski definition) is 0. The molecule has 0 aliphatic rings. The second-order valence-corrected chi connectivity index (χ2v) is 4.76. The third kappa shape index (κ3) is 2.48. The van der Waals surface area contributed by atoms with E-state index in [0.29, 0.717) is 11.0 Å². The van der Waals surface area contributed by atoms with Crippen LogP contribution in [0.3, 0.4) is 0 Å². The fraction of sp³-hybridized carbons (Fsp3) is 0.0588. The van der Waals surface area contributed by atoms with Crippen molar-refractivity contribution < 1.29 is 13.6 Å². The molecular formula is C17H11FO3. The van der Waals surface area contributed by atoms with Crippen molar-refractivity contribution in [2.75, 3.05) is 0 Å². The van der Waals surface area contributed by atoms with Gasteiger partial charge in [-0.25, -0.2) is 9.18 Å². The van der Waals surface area contributed by atoms with Gasteiger partial charge in [-0.2, -0.15) is 0 Å². The maximum atomic E-state index is 13.0. The normalized spacial score (nSPS) is 10.8. The lowest BCUT2D eigenvalue weighted by atomic mass is 10.0. The highest BCUT2D eigenvalue weighted by Crippen LogP contribution is 2.24. The van der Waals surface area contributed by atoms with E-state index in [1.54, 1.807) is 30.3 Å². The Bertz CT molecular complexity index is 892. The smallest absolute Gasteiger partial charge is 0.347 e. The van der Waals surface area contributed by atoms with Gasteiger partial charge in [0.05, 0.1) is 0 Å². The SMILES string of the molecule is CC(=O)c1cc2cc(-c3ccc(F)cc3)ccc2oc1=O. The number of Topliss-reactive ketones (excluding diaryl/α,β-unsaturated/α-hetero) is 1. The van der Waals surface area contributed by atoms with E-state index in [-0.39, 0.29) is 17.2 Å². The molecule has 0 fully saturated rings. The van der Waals surface area contributed by atoms with Crippen LogP contribution in [0.25, 0.3) is 22.1 Å². The molecule has 0 aliphatic heterocycles. The van der Waals surface area contributed by atoms with E-state index in [4.69, 9.17) is 4.42 Å². The maximum absolute atomic E-state index is 13.0. The molecule has 4 heteroatoms. The Labute approximate surface area is 119 Å². The van der Waals surface area contributed by atoms with Gasteiger partial charge in [0.15, 0.2) is 5.78 Å². The van der Waals surface area contributed by atoms with E-state index in [9.17, 15) is 14.0 Å². The van der Waals surface area contributed by atoms with Gasteiger partial charge in [-0.1, -0.05) is 18.2 Å². The summed E-state index contributed by atoms with van der Waals surface area (Å²) in [6, 6.07) is 12.9. The number of halogens is 1. The van der Waals surface area contributed by atoms with Crippen molar-refractivity contribution in [1.29, 1.82) is 0 Å². The Balaban J connectivity index is 2.19. The molecule has 0 saturated carbocycles. The molecule has 0 aliphatic carbocycles. The zero-order valence-corrected chi connectivity index (χ0v) is 11.2. The zero-order chi connectivity index (χ0) is 15.0. The Morgan fingerprint density at radius 2 is 1.67 bits per heavy atom. The Hall–Kier alpha value is -2.75. The van der Waals surface area contributed by atoms with E-state index in [2.05, 4.69) is 0 Å².